The Bertz CT molecular complexity index is 599. The molecule has 152 valence electrons. The smallest absolute Gasteiger partial charge is 0.407 e. The molecule has 0 saturated heterocycles. The minimum absolute atomic E-state index is 0.424. The number of guanidine groups is 1. The number of carbonyl (C=O) groups is 1. The fourth-order valence-corrected chi connectivity index (χ4v) is 2.06. The average Bonchev–Trinajstić information content (AvgIpc) is 2.61. The van der Waals surface area contributed by atoms with E-state index in [-0.39, 0.29) is 0 Å². The van der Waals surface area contributed by atoms with Gasteiger partial charge in [0.15, 0.2) is 5.96 Å². The summed E-state index contributed by atoms with van der Waals surface area (Å²) >= 11 is 0. The van der Waals surface area contributed by atoms with Crippen molar-refractivity contribution in [1.29, 1.82) is 0 Å². The van der Waals surface area contributed by atoms with E-state index in [4.69, 9.17) is 9.47 Å². The highest BCUT2D eigenvalue weighted by Gasteiger charge is 2.15. The summed E-state index contributed by atoms with van der Waals surface area (Å²) in [5.74, 6) is 1.27. The van der Waals surface area contributed by atoms with Gasteiger partial charge in [0.05, 0.1) is 6.61 Å². The first kappa shape index (κ1) is 22.5. The van der Waals surface area contributed by atoms with Crippen molar-refractivity contribution in [1.82, 2.24) is 20.9 Å². The number of nitrogens with zero attached hydrogens (tertiary/aromatic N) is 2. The standard InChI is InChI=1S/C19H33N5O3/c1-6-7-13-26-16-15(9-8-10-21-16)14-24-17(20-5)22-11-12-23-18(25)27-19(2,3)4/h8-10H,6-7,11-14H2,1-5H3,(H,23,25)(H2,20,22,24). The molecule has 1 aromatic rings. The first-order chi connectivity index (χ1) is 12.9. The van der Waals surface area contributed by atoms with Gasteiger partial charge in [-0.3, -0.25) is 4.99 Å². The molecule has 3 N–H and O–H groups in total. The lowest BCUT2D eigenvalue weighted by Crippen LogP contribution is -2.42. The number of pyridine rings is 1. The molecule has 1 amide bonds. The Morgan fingerprint density at radius 3 is 2.63 bits per heavy atom. The maximum atomic E-state index is 11.6. The zero-order valence-electron chi connectivity index (χ0n) is 17.1. The van der Waals surface area contributed by atoms with Crippen LogP contribution in [-0.4, -0.2) is 49.4 Å². The monoisotopic (exact) mass is 379 g/mol. The topological polar surface area (TPSA) is 96.9 Å². The number of amides is 1. The molecule has 0 atom stereocenters. The number of alkyl carbamates (subject to hydrolysis) is 1. The van der Waals surface area contributed by atoms with Crippen molar-refractivity contribution >= 4 is 12.1 Å². The van der Waals surface area contributed by atoms with Gasteiger partial charge in [-0.05, 0) is 33.3 Å². The molecular formula is C19H33N5O3. The average molecular weight is 380 g/mol. The number of unbranched alkanes of at least 4 members (excludes halogenated alkanes) is 1. The number of aliphatic imine (C=N–C) groups is 1. The van der Waals surface area contributed by atoms with Crippen LogP contribution in [0.5, 0.6) is 5.88 Å². The molecule has 0 aliphatic carbocycles. The Morgan fingerprint density at radius 2 is 1.96 bits per heavy atom. The van der Waals surface area contributed by atoms with Crippen molar-refractivity contribution in [2.24, 2.45) is 4.99 Å². The number of rotatable bonds is 9. The van der Waals surface area contributed by atoms with Gasteiger partial charge in [-0.25, -0.2) is 9.78 Å². The van der Waals surface area contributed by atoms with Crippen LogP contribution in [0.1, 0.15) is 46.1 Å². The lowest BCUT2D eigenvalue weighted by molar-refractivity contribution is 0.0529. The second kappa shape index (κ2) is 12.0. The van der Waals surface area contributed by atoms with Gasteiger partial charge in [-0.2, -0.15) is 0 Å². The van der Waals surface area contributed by atoms with Gasteiger partial charge in [-0.1, -0.05) is 19.4 Å². The molecule has 0 aliphatic heterocycles. The molecule has 8 nitrogen and oxygen atoms in total. The van der Waals surface area contributed by atoms with Gasteiger partial charge >= 0.3 is 6.09 Å². The maximum absolute atomic E-state index is 11.6. The maximum Gasteiger partial charge on any atom is 0.407 e. The molecule has 0 bridgehead atoms. The second-order valence-electron chi connectivity index (χ2n) is 6.95. The van der Waals surface area contributed by atoms with Crippen LogP contribution in [0.15, 0.2) is 23.3 Å². The fraction of sp³-hybridized carbons (Fsp3) is 0.632. The van der Waals surface area contributed by atoms with Crippen molar-refractivity contribution in [2.45, 2.75) is 52.7 Å². The van der Waals surface area contributed by atoms with Gasteiger partial charge in [0.2, 0.25) is 5.88 Å². The van der Waals surface area contributed by atoms with Crippen molar-refractivity contribution in [2.75, 3.05) is 26.7 Å². The summed E-state index contributed by atoms with van der Waals surface area (Å²) in [5, 5.41) is 9.05. The van der Waals surface area contributed by atoms with E-state index >= 15 is 0 Å². The van der Waals surface area contributed by atoms with E-state index in [1.807, 2.05) is 32.9 Å². The minimum atomic E-state index is -0.504. The number of hydrogen-bond donors (Lipinski definition) is 3. The zero-order valence-corrected chi connectivity index (χ0v) is 17.1. The van der Waals surface area contributed by atoms with E-state index in [0.717, 1.165) is 18.4 Å². The van der Waals surface area contributed by atoms with Gasteiger partial charge in [0, 0.05) is 38.4 Å². The van der Waals surface area contributed by atoms with Crippen LogP contribution < -0.4 is 20.7 Å². The Labute approximate surface area is 162 Å². The lowest BCUT2D eigenvalue weighted by Gasteiger charge is -2.20. The number of carbonyl (C=O) groups excluding carboxylic acids is 1. The highest BCUT2D eigenvalue weighted by Crippen LogP contribution is 2.14. The summed E-state index contributed by atoms with van der Waals surface area (Å²) in [6, 6.07) is 3.85. The molecule has 0 saturated carbocycles. The van der Waals surface area contributed by atoms with Gasteiger partial charge < -0.3 is 25.4 Å². The van der Waals surface area contributed by atoms with Gasteiger partial charge in [0.25, 0.3) is 0 Å². The third-order valence-electron chi connectivity index (χ3n) is 3.34. The van der Waals surface area contributed by atoms with Crippen molar-refractivity contribution in [3.63, 3.8) is 0 Å². The Morgan fingerprint density at radius 1 is 1.22 bits per heavy atom. The van der Waals surface area contributed by atoms with E-state index in [0.29, 0.717) is 38.1 Å². The van der Waals surface area contributed by atoms with E-state index < -0.39 is 11.7 Å². The van der Waals surface area contributed by atoms with E-state index in [9.17, 15) is 4.79 Å². The van der Waals surface area contributed by atoms with E-state index in [1.165, 1.54) is 0 Å². The van der Waals surface area contributed by atoms with Gasteiger partial charge in [-0.15, -0.1) is 0 Å². The summed E-state index contributed by atoms with van der Waals surface area (Å²) in [6.45, 7) is 9.75. The molecule has 0 aliphatic rings. The summed E-state index contributed by atoms with van der Waals surface area (Å²) in [6.07, 6.45) is 3.36. The van der Waals surface area contributed by atoms with E-state index in [2.05, 4.69) is 32.9 Å². The SMILES string of the molecule is CCCCOc1ncccc1CNC(=NC)NCCNC(=O)OC(C)(C)C. The highest BCUT2D eigenvalue weighted by molar-refractivity contribution is 5.79. The zero-order chi connectivity index (χ0) is 20.1. The fourth-order valence-electron chi connectivity index (χ4n) is 2.06. The van der Waals surface area contributed by atoms with Crippen LogP contribution in [-0.2, 0) is 11.3 Å². The molecule has 27 heavy (non-hydrogen) atoms. The molecule has 0 radical (unpaired) electrons. The van der Waals surface area contributed by atoms with Crippen LogP contribution in [0.25, 0.3) is 0 Å². The normalized spacial score (nSPS) is 11.7. The first-order valence-corrected chi connectivity index (χ1v) is 9.33. The molecule has 0 spiro atoms. The largest absolute Gasteiger partial charge is 0.477 e. The summed E-state index contributed by atoms with van der Waals surface area (Å²) in [5.41, 5.74) is 0.457. The molecule has 1 heterocycles. The molecule has 0 fully saturated rings. The van der Waals surface area contributed by atoms with Crippen LogP contribution in [0.3, 0.4) is 0 Å². The third-order valence-corrected chi connectivity index (χ3v) is 3.34. The lowest BCUT2D eigenvalue weighted by atomic mass is 10.2. The summed E-state index contributed by atoms with van der Waals surface area (Å²) in [7, 11) is 1.69. The van der Waals surface area contributed by atoms with Crippen molar-refractivity contribution in [3.05, 3.63) is 23.9 Å². The Kier molecular flexibility index (Phi) is 10.00. The number of ether oxygens (including phenoxy) is 2. The minimum Gasteiger partial charge on any atom is -0.477 e. The summed E-state index contributed by atoms with van der Waals surface area (Å²) in [4.78, 5) is 20.1. The quantitative estimate of drug-likeness (QED) is 0.346. The summed E-state index contributed by atoms with van der Waals surface area (Å²) < 4.78 is 10.9. The third kappa shape index (κ3) is 10.3. The van der Waals surface area contributed by atoms with Crippen LogP contribution in [0.4, 0.5) is 4.79 Å². The van der Waals surface area contributed by atoms with E-state index in [1.54, 1.807) is 13.2 Å². The van der Waals surface area contributed by atoms with Crippen LogP contribution >= 0.6 is 0 Å². The number of hydrogen-bond acceptors (Lipinski definition) is 5. The van der Waals surface area contributed by atoms with Gasteiger partial charge in [0.1, 0.15) is 5.60 Å². The highest BCUT2D eigenvalue weighted by atomic mass is 16.6. The number of nitrogens with one attached hydrogen (secondary N) is 3. The van der Waals surface area contributed by atoms with Crippen LogP contribution in [0.2, 0.25) is 0 Å². The molecule has 8 heteroatoms. The predicted molar refractivity (Wildman–Crippen MR) is 107 cm³/mol. The van der Waals surface area contributed by atoms with Crippen molar-refractivity contribution < 1.29 is 14.3 Å². The molecule has 1 aromatic heterocycles. The number of aromatic nitrogens is 1. The Hall–Kier alpha value is -2.51. The molecule has 0 aromatic carbocycles. The first-order valence-electron chi connectivity index (χ1n) is 9.33. The Balaban J connectivity index is 2.37. The molecular weight excluding hydrogens is 346 g/mol. The van der Waals surface area contributed by atoms with Crippen molar-refractivity contribution in [3.8, 4) is 5.88 Å². The van der Waals surface area contributed by atoms with Crippen LogP contribution in [0, 0.1) is 0 Å². The molecule has 0 unspecified atom stereocenters. The second-order valence-corrected chi connectivity index (χ2v) is 6.95. The molecule has 1 rings (SSSR count). The predicted octanol–water partition coefficient (Wildman–Crippen LogP) is 2.45.